The lowest BCUT2D eigenvalue weighted by Crippen LogP contribution is -2.22. The molecule has 0 aromatic heterocycles. The summed E-state index contributed by atoms with van der Waals surface area (Å²) in [7, 11) is 4.47. The fourth-order valence-electron chi connectivity index (χ4n) is 2.62. The maximum atomic E-state index is 12.2. The molecule has 2 aromatic carbocycles. The van der Waals surface area contributed by atoms with Crippen LogP contribution in [0.25, 0.3) is 0 Å². The number of anilines is 2. The molecule has 0 heterocycles. The van der Waals surface area contributed by atoms with E-state index < -0.39 is 18.5 Å². The van der Waals surface area contributed by atoms with Crippen LogP contribution in [0.1, 0.15) is 12.5 Å². The number of rotatable bonds is 9. The Morgan fingerprint density at radius 2 is 1.60 bits per heavy atom. The molecule has 9 nitrogen and oxygen atoms in total. The van der Waals surface area contributed by atoms with E-state index in [1.807, 2.05) is 0 Å². The molecule has 2 amide bonds. The lowest BCUT2D eigenvalue weighted by atomic mass is 10.1. The molecular formula is C21H24N2O7. The molecule has 2 rings (SSSR count). The van der Waals surface area contributed by atoms with Gasteiger partial charge in [0.25, 0.3) is 5.91 Å². The molecule has 0 bridgehead atoms. The Balaban J connectivity index is 1.96. The fraction of sp³-hybridized carbons (Fsp3) is 0.286. The molecular weight excluding hydrogens is 392 g/mol. The van der Waals surface area contributed by atoms with E-state index in [0.717, 1.165) is 0 Å². The van der Waals surface area contributed by atoms with Crippen molar-refractivity contribution < 1.29 is 33.3 Å². The zero-order valence-corrected chi connectivity index (χ0v) is 17.2. The normalized spacial score (nSPS) is 10.0. The van der Waals surface area contributed by atoms with Gasteiger partial charge in [-0.25, -0.2) is 0 Å². The highest BCUT2D eigenvalue weighted by molar-refractivity contribution is 5.96. The highest BCUT2D eigenvalue weighted by Gasteiger charge is 2.14. The average molecular weight is 416 g/mol. The van der Waals surface area contributed by atoms with Gasteiger partial charge in [-0.1, -0.05) is 6.07 Å². The topological polar surface area (TPSA) is 112 Å². The minimum Gasteiger partial charge on any atom is -0.497 e. The molecule has 2 aromatic rings. The number of carbonyl (C=O) groups is 3. The van der Waals surface area contributed by atoms with E-state index in [1.54, 1.807) is 36.4 Å². The predicted molar refractivity (Wildman–Crippen MR) is 110 cm³/mol. The molecule has 0 aliphatic heterocycles. The molecule has 0 aliphatic carbocycles. The number of hydrogen-bond acceptors (Lipinski definition) is 7. The van der Waals surface area contributed by atoms with Crippen molar-refractivity contribution in [1.29, 1.82) is 0 Å². The van der Waals surface area contributed by atoms with Crippen LogP contribution in [0, 0.1) is 0 Å². The van der Waals surface area contributed by atoms with E-state index in [-0.39, 0.29) is 12.3 Å². The van der Waals surface area contributed by atoms with Gasteiger partial charge < -0.3 is 29.6 Å². The van der Waals surface area contributed by atoms with Gasteiger partial charge in [-0.05, 0) is 24.3 Å². The zero-order valence-electron chi connectivity index (χ0n) is 17.2. The minimum atomic E-state index is -0.590. The van der Waals surface area contributed by atoms with Crippen molar-refractivity contribution in [2.75, 3.05) is 38.6 Å². The Morgan fingerprint density at radius 3 is 2.23 bits per heavy atom. The van der Waals surface area contributed by atoms with Crippen molar-refractivity contribution in [1.82, 2.24) is 0 Å². The molecule has 0 atom stereocenters. The standard InChI is InChI=1S/C21H24N2O7/c1-13(24)22-15-6-8-18(28-3)17(10-15)23-20(25)12-30-21(26)9-14-5-7-16(27-2)11-19(14)29-4/h5-8,10-11H,9,12H2,1-4H3,(H,22,24)(H,23,25). The summed E-state index contributed by atoms with van der Waals surface area (Å²) in [5.41, 5.74) is 1.43. The monoisotopic (exact) mass is 416 g/mol. The van der Waals surface area contributed by atoms with Gasteiger partial charge >= 0.3 is 5.97 Å². The van der Waals surface area contributed by atoms with Crippen LogP contribution >= 0.6 is 0 Å². The van der Waals surface area contributed by atoms with Crippen LogP contribution in [0.5, 0.6) is 17.2 Å². The van der Waals surface area contributed by atoms with E-state index >= 15 is 0 Å². The van der Waals surface area contributed by atoms with Gasteiger partial charge in [-0.3, -0.25) is 14.4 Å². The summed E-state index contributed by atoms with van der Waals surface area (Å²) in [5.74, 6) is 0.0806. The van der Waals surface area contributed by atoms with Gasteiger partial charge in [0, 0.05) is 24.2 Å². The molecule has 0 saturated heterocycles. The van der Waals surface area contributed by atoms with Gasteiger partial charge in [0.15, 0.2) is 6.61 Å². The smallest absolute Gasteiger partial charge is 0.310 e. The van der Waals surface area contributed by atoms with Gasteiger partial charge in [0.1, 0.15) is 17.2 Å². The van der Waals surface area contributed by atoms with Crippen molar-refractivity contribution in [3.63, 3.8) is 0 Å². The number of nitrogens with one attached hydrogen (secondary N) is 2. The molecule has 0 spiro atoms. The Bertz CT molecular complexity index is 928. The third-order valence-corrected chi connectivity index (χ3v) is 3.99. The van der Waals surface area contributed by atoms with Crippen LogP contribution < -0.4 is 24.8 Å². The van der Waals surface area contributed by atoms with Crippen molar-refractivity contribution >= 4 is 29.2 Å². The number of carbonyl (C=O) groups excluding carboxylic acids is 3. The lowest BCUT2D eigenvalue weighted by molar-refractivity contribution is -0.146. The summed E-state index contributed by atoms with van der Waals surface area (Å²) >= 11 is 0. The number of hydrogen-bond donors (Lipinski definition) is 2. The first kappa shape index (κ1) is 22.5. The first-order valence-corrected chi connectivity index (χ1v) is 8.98. The Hall–Kier alpha value is -3.75. The molecule has 0 saturated carbocycles. The summed E-state index contributed by atoms with van der Waals surface area (Å²) in [4.78, 5) is 35.5. The maximum absolute atomic E-state index is 12.2. The van der Waals surface area contributed by atoms with Gasteiger partial charge in [-0.15, -0.1) is 0 Å². The van der Waals surface area contributed by atoms with E-state index in [2.05, 4.69) is 10.6 Å². The average Bonchev–Trinajstić information content (AvgIpc) is 2.72. The number of methoxy groups -OCH3 is 3. The number of benzene rings is 2. The summed E-state index contributed by atoms with van der Waals surface area (Å²) in [6, 6.07) is 9.83. The number of esters is 1. The van der Waals surface area contributed by atoms with Crippen molar-refractivity contribution in [3.05, 3.63) is 42.0 Å². The van der Waals surface area contributed by atoms with E-state index in [1.165, 1.54) is 28.3 Å². The van der Waals surface area contributed by atoms with Crippen LogP contribution in [0.4, 0.5) is 11.4 Å². The second kappa shape index (κ2) is 10.7. The van der Waals surface area contributed by atoms with Gasteiger partial charge in [-0.2, -0.15) is 0 Å². The Labute approximate surface area is 174 Å². The summed E-state index contributed by atoms with van der Waals surface area (Å²) in [5, 5.41) is 5.21. The first-order valence-electron chi connectivity index (χ1n) is 8.98. The summed E-state index contributed by atoms with van der Waals surface area (Å²) in [6.07, 6.45) is -0.0677. The first-order chi connectivity index (χ1) is 14.4. The highest BCUT2D eigenvalue weighted by Crippen LogP contribution is 2.28. The molecule has 30 heavy (non-hydrogen) atoms. The van der Waals surface area contributed by atoms with E-state index in [0.29, 0.717) is 34.2 Å². The Morgan fingerprint density at radius 1 is 0.867 bits per heavy atom. The third kappa shape index (κ3) is 6.40. The van der Waals surface area contributed by atoms with E-state index in [9.17, 15) is 14.4 Å². The SMILES string of the molecule is COc1ccc(CC(=O)OCC(=O)Nc2cc(NC(C)=O)ccc2OC)c(OC)c1. The van der Waals surface area contributed by atoms with Crippen molar-refractivity contribution in [2.45, 2.75) is 13.3 Å². The van der Waals surface area contributed by atoms with Gasteiger partial charge in [0.2, 0.25) is 5.91 Å². The third-order valence-electron chi connectivity index (χ3n) is 3.99. The molecule has 0 radical (unpaired) electrons. The van der Waals surface area contributed by atoms with Crippen molar-refractivity contribution in [3.8, 4) is 17.2 Å². The molecule has 2 N–H and O–H groups in total. The largest absolute Gasteiger partial charge is 0.497 e. The zero-order chi connectivity index (χ0) is 22.1. The molecule has 0 unspecified atom stereocenters. The lowest BCUT2D eigenvalue weighted by Gasteiger charge is -2.13. The highest BCUT2D eigenvalue weighted by atomic mass is 16.5. The second-order valence-corrected chi connectivity index (χ2v) is 6.16. The van der Waals surface area contributed by atoms with Crippen LogP contribution in [0.15, 0.2) is 36.4 Å². The maximum Gasteiger partial charge on any atom is 0.310 e. The number of ether oxygens (including phenoxy) is 4. The van der Waals surface area contributed by atoms with Crippen LogP contribution in [0.2, 0.25) is 0 Å². The molecule has 0 aliphatic rings. The van der Waals surface area contributed by atoms with Crippen molar-refractivity contribution in [2.24, 2.45) is 0 Å². The number of amides is 2. The molecule has 9 heteroatoms. The van der Waals surface area contributed by atoms with Gasteiger partial charge in [0.05, 0.1) is 33.4 Å². The van der Waals surface area contributed by atoms with Crippen LogP contribution in [0.3, 0.4) is 0 Å². The summed E-state index contributed by atoms with van der Waals surface area (Å²) < 4.78 is 20.6. The quantitative estimate of drug-likeness (QED) is 0.604. The van der Waals surface area contributed by atoms with Crippen LogP contribution in [-0.2, 0) is 25.5 Å². The molecule has 0 fully saturated rings. The second-order valence-electron chi connectivity index (χ2n) is 6.16. The minimum absolute atomic E-state index is 0.0677. The molecule has 160 valence electrons. The predicted octanol–water partition coefficient (Wildman–Crippen LogP) is 2.40. The van der Waals surface area contributed by atoms with Crippen LogP contribution in [-0.4, -0.2) is 45.7 Å². The summed E-state index contributed by atoms with van der Waals surface area (Å²) in [6.45, 7) is 0.893. The van der Waals surface area contributed by atoms with E-state index in [4.69, 9.17) is 18.9 Å². The fourth-order valence-corrected chi connectivity index (χ4v) is 2.62. The Kier molecular flexibility index (Phi) is 8.04.